The lowest BCUT2D eigenvalue weighted by atomic mass is 10.2. The van der Waals surface area contributed by atoms with Gasteiger partial charge in [0, 0.05) is 18.9 Å². The van der Waals surface area contributed by atoms with E-state index in [2.05, 4.69) is 0 Å². The van der Waals surface area contributed by atoms with Crippen LogP contribution in [-0.4, -0.2) is 12.4 Å². The van der Waals surface area contributed by atoms with Gasteiger partial charge >= 0.3 is 0 Å². The van der Waals surface area contributed by atoms with Gasteiger partial charge in [0.1, 0.15) is 11.5 Å². The molecule has 16 heavy (non-hydrogen) atoms. The highest BCUT2D eigenvalue weighted by atomic mass is 19.2. The second kappa shape index (κ2) is 6.20. The van der Waals surface area contributed by atoms with Gasteiger partial charge in [0.2, 0.25) is 0 Å². The van der Waals surface area contributed by atoms with Crippen LogP contribution in [0.1, 0.15) is 26.2 Å². The van der Waals surface area contributed by atoms with Crippen molar-refractivity contribution in [2.75, 3.05) is 6.61 Å². The number of halogens is 2. The molecule has 0 N–H and O–H groups in total. The molecule has 1 aromatic carbocycles. The van der Waals surface area contributed by atoms with Crippen molar-refractivity contribution in [3.63, 3.8) is 0 Å². The van der Waals surface area contributed by atoms with Gasteiger partial charge in [0.15, 0.2) is 11.6 Å². The lowest BCUT2D eigenvalue weighted by molar-refractivity contribution is -0.118. The molecule has 0 heterocycles. The Morgan fingerprint density at radius 3 is 2.69 bits per heavy atom. The molecule has 0 bridgehead atoms. The normalized spacial score (nSPS) is 10.2. The van der Waals surface area contributed by atoms with Crippen LogP contribution in [0.2, 0.25) is 0 Å². The van der Waals surface area contributed by atoms with E-state index in [0.717, 1.165) is 12.1 Å². The Labute approximate surface area is 93.2 Å². The first-order valence-electron chi connectivity index (χ1n) is 5.23. The summed E-state index contributed by atoms with van der Waals surface area (Å²) in [7, 11) is 0. The van der Waals surface area contributed by atoms with Crippen LogP contribution in [0.25, 0.3) is 0 Å². The maximum atomic E-state index is 12.8. The molecule has 2 nitrogen and oxygen atoms in total. The minimum Gasteiger partial charge on any atom is -0.493 e. The highest BCUT2D eigenvalue weighted by Gasteiger charge is 2.03. The number of hydrogen-bond donors (Lipinski definition) is 0. The van der Waals surface area contributed by atoms with Gasteiger partial charge < -0.3 is 4.74 Å². The molecule has 0 aromatic heterocycles. The van der Waals surface area contributed by atoms with Gasteiger partial charge in [-0.05, 0) is 18.6 Å². The van der Waals surface area contributed by atoms with Crippen LogP contribution in [0.4, 0.5) is 8.78 Å². The molecular formula is C12H14F2O2. The summed E-state index contributed by atoms with van der Waals surface area (Å²) in [5.74, 6) is -1.37. The maximum absolute atomic E-state index is 12.8. The molecule has 0 unspecified atom stereocenters. The fraction of sp³-hybridized carbons (Fsp3) is 0.417. The summed E-state index contributed by atoms with van der Waals surface area (Å²) in [5, 5.41) is 0. The highest BCUT2D eigenvalue weighted by molar-refractivity contribution is 5.77. The number of ether oxygens (including phenoxy) is 1. The van der Waals surface area contributed by atoms with Gasteiger partial charge in [-0.2, -0.15) is 0 Å². The summed E-state index contributed by atoms with van der Waals surface area (Å²) in [6, 6.07) is 3.37. The number of rotatable bonds is 6. The molecule has 0 fully saturated rings. The van der Waals surface area contributed by atoms with Gasteiger partial charge in [0.25, 0.3) is 0 Å². The zero-order valence-corrected chi connectivity index (χ0v) is 9.13. The molecule has 1 rings (SSSR count). The van der Waals surface area contributed by atoms with Crippen molar-refractivity contribution in [2.45, 2.75) is 26.2 Å². The van der Waals surface area contributed by atoms with E-state index < -0.39 is 11.6 Å². The highest BCUT2D eigenvalue weighted by Crippen LogP contribution is 2.15. The Balaban J connectivity index is 2.32. The van der Waals surface area contributed by atoms with Gasteiger partial charge in [-0.25, -0.2) is 8.78 Å². The second-order valence-electron chi connectivity index (χ2n) is 3.42. The Morgan fingerprint density at radius 2 is 2.06 bits per heavy atom. The minimum absolute atomic E-state index is 0.175. The first kappa shape index (κ1) is 12.6. The maximum Gasteiger partial charge on any atom is 0.162 e. The van der Waals surface area contributed by atoms with Crippen molar-refractivity contribution in [1.29, 1.82) is 0 Å². The fourth-order valence-corrected chi connectivity index (χ4v) is 1.20. The fourth-order valence-electron chi connectivity index (χ4n) is 1.20. The average Bonchev–Trinajstić information content (AvgIpc) is 2.28. The standard InChI is InChI=1S/C12H14F2O2/c1-2-9(15)4-3-7-16-10-5-6-11(13)12(14)8-10/h5-6,8H,2-4,7H2,1H3. The molecule has 0 aliphatic carbocycles. The monoisotopic (exact) mass is 228 g/mol. The zero-order chi connectivity index (χ0) is 12.0. The second-order valence-corrected chi connectivity index (χ2v) is 3.42. The summed E-state index contributed by atoms with van der Waals surface area (Å²) < 4.78 is 30.5. The number of ketones is 1. The SMILES string of the molecule is CCC(=O)CCCOc1ccc(F)c(F)c1. The smallest absolute Gasteiger partial charge is 0.162 e. The first-order valence-corrected chi connectivity index (χ1v) is 5.23. The average molecular weight is 228 g/mol. The number of carbonyl (C=O) groups is 1. The van der Waals surface area contributed by atoms with Crippen molar-refractivity contribution in [2.24, 2.45) is 0 Å². The molecule has 0 radical (unpaired) electrons. The van der Waals surface area contributed by atoms with E-state index in [4.69, 9.17) is 4.74 Å². The number of benzene rings is 1. The lowest BCUT2D eigenvalue weighted by Gasteiger charge is -2.05. The van der Waals surface area contributed by atoms with Crippen LogP contribution in [0, 0.1) is 11.6 Å². The van der Waals surface area contributed by atoms with Crippen molar-refractivity contribution >= 4 is 5.78 Å². The Kier molecular flexibility index (Phi) is 4.89. The molecule has 4 heteroatoms. The third-order valence-electron chi connectivity index (χ3n) is 2.15. The number of hydrogen-bond acceptors (Lipinski definition) is 2. The van der Waals surface area contributed by atoms with Crippen molar-refractivity contribution in [3.8, 4) is 5.75 Å². The molecule has 0 amide bonds. The summed E-state index contributed by atoms with van der Waals surface area (Å²) in [6.45, 7) is 2.13. The van der Waals surface area contributed by atoms with E-state index in [9.17, 15) is 13.6 Å². The first-order chi connectivity index (χ1) is 7.63. The van der Waals surface area contributed by atoms with E-state index in [1.54, 1.807) is 6.92 Å². The summed E-state index contributed by atoms with van der Waals surface area (Å²) in [5.41, 5.74) is 0. The molecule has 0 atom stereocenters. The van der Waals surface area contributed by atoms with E-state index in [1.807, 2.05) is 0 Å². The van der Waals surface area contributed by atoms with E-state index in [1.165, 1.54) is 6.07 Å². The Bertz CT molecular complexity index is 364. The minimum atomic E-state index is -0.929. The number of Topliss-reactive ketones (excluding diaryl/α,β-unsaturated/α-hetero) is 1. The van der Waals surface area contributed by atoms with Gasteiger partial charge in [0.05, 0.1) is 6.61 Å². The van der Waals surface area contributed by atoms with Gasteiger partial charge in [-0.1, -0.05) is 6.92 Å². The topological polar surface area (TPSA) is 26.3 Å². The van der Waals surface area contributed by atoms with Crippen molar-refractivity contribution < 1.29 is 18.3 Å². The molecule has 0 saturated carbocycles. The summed E-state index contributed by atoms with van der Waals surface area (Å²) in [6.07, 6.45) is 1.57. The quantitative estimate of drug-likeness (QED) is 0.699. The molecule has 1 aromatic rings. The molecule has 0 aliphatic heterocycles. The van der Waals surface area contributed by atoms with Crippen LogP contribution in [0.5, 0.6) is 5.75 Å². The number of carbonyl (C=O) groups excluding carboxylic acids is 1. The van der Waals surface area contributed by atoms with E-state index in [-0.39, 0.29) is 11.5 Å². The molecule has 0 saturated heterocycles. The van der Waals surface area contributed by atoms with Crippen molar-refractivity contribution in [3.05, 3.63) is 29.8 Å². The predicted octanol–water partition coefficient (Wildman–Crippen LogP) is 3.10. The van der Waals surface area contributed by atoms with Crippen LogP contribution in [-0.2, 0) is 4.79 Å². The van der Waals surface area contributed by atoms with E-state index in [0.29, 0.717) is 25.9 Å². The summed E-state index contributed by atoms with van der Waals surface area (Å²) >= 11 is 0. The third-order valence-corrected chi connectivity index (χ3v) is 2.15. The Morgan fingerprint density at radius 1 is 1.31 bits per heavy atom. The van der Waals surface area contributed by atoms with Gasteiger partial charge in [-0.15, -0.1) is 0 Å². The molecule has 88 valence electrons. The van der Waals surface area contributed by atoms with Crippen LogP contribution < -0.4 is 4.74 Å². The van der Waals surface area contributed by atoms with Crippen LogP contribution in [0.15, 0.2) is 18.2 Å². The lowest BCUT2D eigenvalue weighted by Crippen LogP contribution is -2.02. The third kappa shape index (κ3) is 3.96. The Hall–Kier alpha value is -1.45. The van der Waals surface area contributed by atoms with Crippen LogP contribution >= 0.6 is 0 Å². The van der Waals surface area contributed by atoms with Crippen molar-refractivity contribution in [1.82, 2.24) is 0 Å². The molecule has 0 aliphatic rings. The molecular weight excluding hydrogens is 214 g/mol. The largest absolute Gasteiger partial charge is 0.493 e. The summed E-state index contributed by atoms with van der Waals surface area (Å²) in [4.78, 5) is 11.0. The van der Waals surface area contributed by atoms with Gasteiger partial charge in [-0.3, -0.25) is 4.79 Å². The predicted molar refractivity (Wildman–Crippen MR) is 56.4 cm³/mol. The zero-order valence-electron chi connectivity index (χ0n) is 9.13. The van der Waals surface area contributed by atoms with E-state index >= 15 is 0 Å². The van der Waals surface area contributed by atoms with Crippen LogP contribution in [0.3, 0.4) is 0 Å². The molecule has 0 spiro atoms.